The topological polar surface area (TPSA) is 59.3 Å². The molecule has 1 atom stereocenters. The predicted octanol–water partition coefficient (Wildman–Crippen LogP) is 3.83. The number of hydrogen-bond donors (Lipinski definition) is 1. The Morgan fingerprint density at radius 3 is 2.46 bits per heavy atom. The molecule has 1 aliphatic rings. The number of rotatable bonds is 2. The summed E-state index contributed by atoms with van der Waals surface area (Å²) in [4.78, 5) is 24.8. The molecule has 1 aromatic heterocycles. The van der Waals surface area contributed by atoms with Crippen LogP contribution in [0.5, 0.6) is 0 Å². The maximum Gasteiger partial charge on any atom is 0.311 e. The molecule has 1 unspecified atom stereocenters. The number of para-hydroxylation sites is 1. The van der Waals surface area contributed by atoms with E-state index in [2.05, 4.69) is 0 Å². The molecule has 4 nitrogen and oxygen atoms in total. The normalized spacial score (nSPS) is 16.8. The highest BCUT2D eigenvalue weighted by molar-refractivity contribution is 6.05. The maximum absolute atomic E-state index is 13.1. The lowest BCUT2D eigenvalue weighted by Gasteiger charge is -2.21. The Balaban J connectivity index is 2.00. The molecular weight excluding hydrogens is 302 g/mol. The van der Waals surface area contributed by atoms with Gasteiger partial charge in [0, 0.05) is 16.6 Å². The van der Waals surface area contributed by atoms with E-state index in [9.17, 15) is 14.7 Å². The maximum atomic E-state index is 13.1. The van der Waals surface area contributed by atoms with Crippen LogP contribution >= 0.6 is 0 Å². The number of benzene rings is 2. The van der Waals surface area contributed by atoms with Crippen LogP contribution in [-0.2, 0) is 11.2 Å². The Labute approximate surface area is 139 Å². The van der Waals surface area contributed by atoms with Gasteiger partial charge in [-0.2, -0.15) is 0 Å². The molecule has 0 radical (unpaired) electrons. The van der Waals surface area contributed by atoms with Gasteiger partial charge < -0.3 is 5.11 Å². The van der Waals surface area contributed by atoms with E-state index in [0.29, 0.717) is 12.0 Å². The Morgan fingerprint density at radius 2 is 1.71 bits per heavy atom. The number of carboxylic acids is 1. The number of carbonyl (C=O) groups excluding carboxylic acids is 1. The van der Waals surface area contributed by atoms with Gasteiger partial charge in [0.05, 0.1) is 11.4 Å². The van der Waals surface area contributed by atoms with Gasteiger partial charge in [-0.15, -0.1) is 0 Å². The molecule has 0 spiro atoms. The van der Waals surface area contributed by atoms with Crippen molar-refractivity contribution in [1.29, 1.82) is 0 Å². The standard InChI is InChI=1S/C20H17NO3/c22-19(13-7-2-1-3-8-13)21-16-11-5-4-9-14(16)18-15(20(23)24)10-6-12-17(18)21/h1-5,7-9,11,15H,6,10,12H2,(H,23,24). The van der Waals surface area contributed by atoms with Crippen molar-refractivity contribution in [3.8, 4) is 0 Å². The molecule has 4 heteroatoms. The molecule has 0 saturated heterocycles. The Morgan fingerprint density at radius 1 is 1.00 bits per heavy atom. The summed E-state index contributed by atoms with van der Waals surface area (Å²) in [5.74, 6) is -1.45. The van der Waals surface area contributed by atoms with Crippen molar-refractivity contribution in [1.82, 2.24) is 4.57 Å². The van der Waals surface area contributed by atoms with E-state index in [1.54, 1.807) is 16.7 Å². The van der Waals surface area contributed by atoms with Crippen molar-refractivity contribution in [3.05, 3.63) is 71.4 Å². The summed E-state index contributed by atoms with van der Waals surface area (Å²) in [7, 11) is 0. The number of hydrogen-bond acceptors (Lipinski definition) is 2. The minimum absolute atomic E-state index is 0.0981. The van der Waals surface area contributed by atoms with Crippen LogP contribution in [0.4, 0.5) is 0 Å². The van der Waals surface area contributed by atoms with E-state index in [1.165, 1.54) is 0 Å². The second-order valence-electron chi connectivity index (χ2n) is 6.17. The zero-order valence-electron chi connectivity index (χ0n) is 13.1. The van der Waals surface area contributed by atoms with Crippen LogP contribution in [0.2, 0.25) is 0 Å². The molecule has 2 aromatic carbocycles. The lowest BCUT2D eigenvalue weighted by Crippen LogP contribution is -2.21. The van der Waals surface area contributed by atoms with E-state index in [0.717, 1.165) is 35.0 Å². The van der Waals surface area contributed by atoms with Gasteiger partial charge in [-0.3, -0.25) is 14.2 Å². The largest absolute Gasteiger partial charge is 0.481 e. The second-order valence-corrected chi connectivity index (χ2v) is 6.17. The molecule has 3 aromatic rings. The predicted molar refractivity (Wildman–Crippen MR) is 91.4 cm³/mol. The van der Waals surface area contributed by atoms with Gasteiger partial charge in [-0.05, 0) is 43.0 Å². The third-order valence-electron chi connectivity index (χ3n) is 4.79. The second kappa shape index (κ2) is 5.64. The van der Waals surface area contributed by atoms with Crippen LogP contribution in [0, 0.1) is 0 Å². The molecule has 1 N–H and O–H groups in total. The zero-order valence-corrected chi connectivity index (χ0v) is 13.1. The summed E-state index contributed by atoms with van der Waals surface area (Å²) in [5.41, 5.74) is 3.07. The van der Waals surface area contributed by atoms with E-state index in [1.807, 2.05) is 42.5 Å². The highest BCUT2D eigenvalue weighted by Crippen LogP contribution is 2.39. The molecule has 0 fully saturated rings. The molecule has 0 saturated carbocycles. The van der Waals surface area contributed by atoms with E-state index < -0.39 is 11.9 Å². The van der Waals surface area contributed by atoms with Crippen LogP contribution in [-0.4, -0.2) is 21.6 Å². The van der Waals surface area contributed by atoms with Crippen LogP contribution in [0.25, 0.3) is 10.9 Å². The Hall–Kier alpha value is -2.88. The lowest BCUT2D eigenvalue weighted by atomic mass is 9.85. The van der Waals surface area contributed by atoms with E-state index in [-0.39, 0.29) is 5.91 Å². The van der Waals surface area contributed by atoms with Gasteiger partial charge in [0.2, 0.25) is 0 Å². The average Bonchev–Trinajstić information content (AvgIpc) is 2.96. The summed E-state index contributed by atoms with van der Waals surface area (Å²) in [6, 6.07) is 16.7. The molecule has 0 aliphatic heterocycles. The molecular formula is C20H17NO3. The van der Waals surface area contributed by atoms with Crippen LogP contribution in [0.3, 0.4) is 0 Å². The van der Waals surface area contributed by atoms with Crippen molar-refractivity contribution < 1.29 is 14.7 Å². The van der Waals surface area contributed by atoms with Crippen LogP contribution < -0.4 is 0 Å². The number of fused-ring (bicyclic) bond motifs is 3. The summed E-state index contributed by atoms with van der Waals surface area (Å²) in [5, 5.41) is 10.5. The average molecular weight is 319 g/mol. The Kier molecular flexibility index (Phi) is 3.45. The first-order valence-corrected chi connectivity index (χ1v) is 8.13. The number of carboxylic acid groups (broad SMARTS) is 1. The highest BCUT2D eigenvalue weighted by atomic mass is 16.4. The van der Waals surface area contributed by atoms with Gasteiger partial charge in [0.25, 0.3) is 5.91 Å². The van der Waals surface area contributed by atoms with Crippen molar-refractivity contribution in [2.45, 2.75) is 25.2 Å². The van der Waals surface area contributed by atoms with Crippen molar-refractivity contribution in [2.24, 2.45) is 0 Å². The van der Waals surface area contributed by atoms with Crippen molar-refractivity contribution in [2.75, 3.05) is 0 Å². The van der Waals surface area contributed by atoms with E-state index in [4.69, 9.17) is 0 Å². The van der Waals surface area contributed by atoms with Crippen LogP contribution in [0.1, 0.15) is 40.4 Å². The fourth-order valence-corrected chi connectivity index (χ4v) is 3.76. The molecule has 4 rings (SSSR count). The summed E-state index contributed by atoms with van der Waals surface area (Å²) < 4.78 is 1.72. The van der Waals surface area contributed by atoms with Gasteiger partial charge in [-0.1, -0.05) is 36.4 Å². The molecule has 120 valence electrons. The quantitative estimate of drug-likeness (QED) is 0.781. The third kappa shape index (κ3) is 2.14. The fraction of sp³-hybridized carbons (Fsp3) is 0.200. The smallest absolute Gasteiger partial charge is 0.311 e. The molecule has 0 amide bonds. The van der Waals surface area contributed by atoms with Gasteiger partial charge >= 0.3 is 5.97 Å². The minimum Gasteiger partial charge on any atom is -0.481 e. The minimum atomic E-state index is -0.814. The highest BCUT2D eigenvalue weighted by Gasteiger charge is 2.33. The fourth-order valence-electron chi connectivity index (χ4n) is 3.76. The monoisotopic (exact) mass is 319 g/mol. The molecule has 24 heavy (non-hydrogen) atoms. The first-order valence-electron chi connectivity index (χ1n) is 8.13. The number of aliphatic carboxylic acids is 1. The van der Waals surface area contributed by atoms with Crippen LogP contribution in [0.15, 0.2) is 54.6 Å². The number of carbonyl (C=O) groups is 2. The molecule has 1 aliphatic carbocycles. The zero-order chi connectivity index (χ0) is 16.7. The molecule has 1 heterocycles. The summed E-state index contributed by atoms with van der Waals surface area (Å²) >= 11 is 0. The first kappa shape index (κ1) is 14.7. The lowest BCUT2D eigenvalue weighted by molar-refractivity contribution is -0.139. The van der Waals surface area contributed by atoms with Crippen molar-refractivity contribution in [3.63, 3.8) is 0 Å². The van der Waals surface area contributed by atoms with Crippen molar-refractivity contribution >= 4 is 22.8 Å². The van der Waals surface area contributed by atoms with Gasteiger partial charge in [0.1, 0.15) is 0 Å². The summed E-state index contributed by atoms with van der Waals surface area (Å²) in [6.45, 7) is 0. The SMILES string of the molecule is O=C(O)C1CCCc2c1c1ccccc1n2C(=O)c1ccccc1. The first-order chi connectivity index (χ1) is 11.7. The third-order valence-corrected chi connectivity index (χ3v) is 4.79. The summed E-state index contributed by atoms with van der Waals surface area (Å²) in [6.07, 6.45) is 2.13. The number of aromatic nitrogens is 1. The van der Waals surface area contributed by atoms with E-state index >= 15 is 0 Å². The van der Waals surface area contributed by atoms with Gasteiger partial charge in [-0.25, -0.2) is 0 Å². The number of nitrogens with zero attached hydrogens (tertiary/aromatic N) is 1. The Bertz CT molecular complexity index is 940. The molecule has 0 bridgehead atoms. The van der Waals surface area contributed by atoms with Gasteiger partial charge in [0.15, 0.2) is 0 Å².